The van der Waals surface area contributed by atoms with Gasteiger partial charge in [-0.2, -0.15) is 0 Å². The topological polar surface area (TPSA) is 38.0 Å². The van der Waals surface area contributed by atoms with Gasteiger partial charge in [0.05, 0.1) is 11.4 Å². The predicted octanol–water partition coefficient (Wildman–Crippen LogP) is 3.74. The third-order valence-corrected chi connectivity index (χ3v) is 5.55. The molecule has 1 aliphatic carbocycles. The lowest BCUT2D eigenvalue weighted by atomic mass is 9.75. The molecule has 2 aliphatic rings. The molecule has 0 amide bonds. The van der Waals surface area contributed by atoms with Crippen LogP contribution in [0.1, 0.15) is 32.1 Å². The van der Waals surface area contributed by atoms with E-state index in [1.165, 1.54) is 48.4 Å². The molecule has 1 aromatic carbocycles. The van der Waals surface area contributed by atoms with E-state index in [1.54, 1.807) is 0 Å². The Morgan fingerprint density at radius 3 is 2.82 bits per heavy atom. The van der Waals surface area contributed by atoms with Crippen LogP contribution in [0.4, 0.5) is 11.4 Å². The maximum absolute atomic E-state index is 6.05. The highest BCUT2D eigenvalue weighted by Gasteiger charge is 2.34. The van der Waals surface area contributed by atoms with E-state index >= 15 is 0 Å². The molecule has 17 heavy (non-hydrogen) atoms. The first-order valence-corrected chi connectivity index (χ1v) is 7.53. The van der Waals surface area contributed by atoms with Gasteiger partial charge in [-0.3, -0.25) is 0 Å². The van der Waals surface area contributed by atoms with Crippen LogP contribution in [0.15, 0.2) is 23.1 Å². The number of nitrogens with one attached hydrogen (secondary N) is 1. The third-order valence-electron chi connectivity index (χ3n) is 4.15. The summed E-state index contributed by atoms with van der Waals surface area (Å²) >= 11 is 1.99. The second kappa shape index (κ2) is 4.45. The van der Waals surface area contributed by atoms with Crippen LogP contribution in [0.2, 0.25) is 0 Å². The molecule has 0 radical (unpaired) electrons. The number of rotatable bonds is 0. The number of hydrogen-bond donors (Lipinski definition) is 2. The molecule has 92 valence electrons. The smallest absolute Gasteiger partial charge is 0.0712 e. The van der Waals surface area contributed by atoms with Crippen LogP contribution in [0.5, 0.6) is 0 Å². The van der Waals surface area contributed by atoms with Crippen LogP contribution in [-0.4, -0.2) is 12.3 Å². The van der Waals surface area contributed by atoms with Crippen molar-refractivity contribution in [1.82, 2.24) is 0 Å². The van der Waals surface area contributed by atoms with E-state index < -0.39 is 0 Å². The minimum Gasteiger partial charge on any atom is -0.397 e. The molecule has 1 fully saturated rings. The standard InChI is InChI=1S/C14H20N2S/c15-11-5-4-6-12-13(11)16-9-14(10-17-12)7-2-1-3-8-14/h4-6,16H,1-3,7-10,15H2. The lowest BCUT2D eigenvalue weighted by molar-refractivity contribution is 0.241. The van der Waals surface area contributed by atoms with Crippen LogP contribution in [0.25, 0.3) is 0 Å². The third kappa shape index (κ3) is 2.13. The zero-order chi connectivity index (χ0) is 11.7. The first kappa shape index (κ1) is 11.3. The number of nitrogen functional groups attached to an aromatic ring is 1. The number of thioether (sulfide) groups is 1. The predicted molar refractivity (Wildman–Crippen MR) is 75.6 cm³/mol. The van der Waals surface area contributed by atoms with Crippen LogP contribution in [0, 0.1) is 5.41 Å². The molecule has 2 nitrogen and oxygen atoms in total. The van der Waals surface area contributed by atoms with Gasteiger partial charge in [-0.1, -0.05) is 25.3 Å². The highest BCUT2D eigenvalue weighted by Crippen LogP contribution is 2.45. The van der Waals surface area contributed by atoms with E-state index in [2.05, 4.69) is 17.4 Å². The summed E-state index contributed by atoms with van der Waals surface area (Å²) in [5.74, 6) is 1.25. The normalized spacial score (nSPS) is 22.6. The monoisotopic (exact) mass is 248 g/mol. The Labute approximate surface area is 107 Å². The quantitative estimate of drug-likeness (QED) is 0.687. The second-order valence-electron chi connectivity index (χ2n) is 5.42. The van der Waals surface area contributed by atoms with Crippen molar-refractivity contribution in [2.75, 3.05) is 23.3 Å². The van der Waals surface area contributed by atoms with Gasteiger partial charge >= 0.3 is 0 Å². The van der Waals surface area contributed by atoms with Crippen LogP contribution < -0.4 is 11.1 Å². The molecule has 1 heterocycles. The van der Waals surface area contributed by atoms with Gasteiger partial charge in [-0.05, 0) is 30.4 Å². The van der Waals surface area contributed by atoms with Gasteiger partial charge in [0.15, 0.2) is 0 Å². The zero-order valence-corrected chi connectivity index (χ0v) is 11.0. The SMILES string of the molecule is Nc1cccc2c1NCC1(CCCCC1)CS2. The van der Waals surface area contributed by atoms with Crippen molar-refractivity contribution in [3.05, 3.63) is 18.2 Å². The molecule has 0 bridgehead atoms. The summed E-state index contributed by atoms with van der Waals surface area (Å²) in [6.45, 7) is 1.10. The molecule has 0 unspecified atom stereocenters. The Kier molecular flexibility index (Phi) is 2.95. The van der Waals surface area contributed by atoms with Crippen molar-refractivity contribution < 1.29 is 0 Å². The fraction of sp³-hybridized carbons (Fsp3) is 0.571. The Balaban J connectivity index is 1.85. The van der Waals surface area contributed by atoms with Gasteiger partial charge in [-0.25, -0.2) is 0 Å². The molecule has 3 heteroatoms. The van der Waals surface area contributed by atoms with E-state index in [4.69, 9.17) is 5.73 Å². The lowest BCUT2D eigenvalue weighted by Gasteiger charge is -2.36. The molecule has 1 aromatic rings. The number of para-hydroxylation sites is 1. The first-order valence-electron chi connectivity index (χ1n) is 6.54. The maximum Gasteiger partial charge on any atom is 0.0712 e. The molecule has 0 atom stereocenters. The highest BCUT2D eigenvalue weighted by atomic mass is 32.2. The van der Waals surface area contributed by atoms with Crippen molar-refractivity contribution in [1.29, 1.82) is 0 Å². The van der Waals surface area contributed by atoms with Crippen molar-refractivity contribution in [3.8, 4) is 0 Å². The van der Waals surface area contributed by atoms with Crippen molar-refractivity contribution >= 4 is 23.1 Å². The van der Waals surface area contributed by atoms with Gasteiger partial charge < -0.3 is 11.1 Å². The molecule has 3 N–H and O–H groups in total. The Morgan fingerprint density at radius 1 is 1.18 bits per heavy atom. The number of nitrogens with two attached hydrogens (primary N) is 1. The Bertz CT molecular complexity index is 411. The highest BCUT2D eigenvalue weighted by molar-refractivity contribution is 7.99. The second-order valence-corrected chi connectivity index (χ2v) is 6.44. The van der Waals surface area contributed by atoms with E-state index in [-0.39, 0.29) is 0 Å². The van der Waals surface area contributed by atoms with Gasteiger partial charge in [0.25, 0.3) is 0 Å². The Morgan fingerprint density at radius 2 is 2.00 bits per heavy atom. The van der Waals surface area contributed by atoms with E-state index in [1.807, 2.05) is 17.8 Å². The van der Waals surface area contributed by atoms with Crippen LogP contribution in [-0.2, 0) is 0 Å². The zero-order valence-electron chi connectivity index (χ0n) is 10.2. The first-order chi connectivity index (χ1) is 8.29. The van der Waals surface area contributed by atoms with Crippen molar-refractivity contribution in [2.45, 2.75) is 37.0 Å². The molecule has 1 aliphatic heterocycles. The summed E-state index contributed by atoms with van der Waals surface area (Å²) in [6.07, 6.45) is 6.96. The molecule has 1 spiro atoms. The van der Waals surface area contributed by atoms with Crippen molar-refractivity contribution in [3.63, 3.8) is 0 Å². The molecule has 0 aromatic heterocycles. The Hall–Kier alpha value is -0.830. The fourth-order valence-corrected chi connectivity index (χ4v) is 4.40. The maximum atomic E-state index is 6.05. The number of fused-ring (bicyclic) bond motifs is 1. The summed E-state index contributed by atoms with van der Waals surface area (Å²) < 4.78 is 0. The van der Waals surface area contributed by atoms with E-state index in [9.17, 15) is 0 Å². The average Bonchev–Trinajstić information content (AvgIpc) is 2.53. The average molecular weight is 248 g/mol. The summed E-state index contributed by atoms with van der Waals surface area (Å²) in [4.78, 5) is 1.33. The molecule has 1 saturated carbocycles. The molecule has 0 saturated heterocycles. The van der Waals surface area contributed by atoms with E-state index in [0.29, 0.717) is 5.41 Å². The summed E-state index contributed by atoms with van der Waals surface area (Å²) in [7, 11) is 0. The summed E-state index contributed by atoms with van der Waals surface area (Å²) in [6, 6.07) is 6.23. The fourth-order valence-electron chi connectivity index (χ4n) is 3.04. The van der Waals surface area contributed by atoms with E-state index in [0.717, 1.165) is 12.2 Å². The van der Waals surface area contributed by atoms with Crippen LogP contribution >= 0.6 is 11.8 Å². The molecular formula is C14H20N2S. The molecule has 3 rings (SSSR count). The minimum atomic E-state index is 0.508. The summed E-state index contributed by atoms with van der Waals surface area (Å²) in [5.41, 5.74) is 8.62. The van der Waals surface area contributed by atoms with Gasteiger partial charge in [0, 0.05) is 17.2 Å². The number of anilines is 2. The minimum absolute atomic E-state index is 0.508. The van der Waals surface area contributed by atoms with Gasteiger partial charge in [0.1, 0.15) is 0 Å². The number of benzene rings is 1. The number of hydrogen-bond acceptors (Lipinski definition) is 3. The lowest BCUT2D eigenvalue weighted by Crippen LogP contribution is -2.33. The van der Waals surface area contributed by atoms with Gasteiger partial charge in [-0.15, -0.1) is 11.8 Å². The van der Waals surface area contributed by atoms with Crippen molar-refractivity contribution in [2.24, 2.45) is 5.41 Å². The largest absolute Gasteiger partial charge is 0.397 e. The summed E-state index contributed by atoms with van der Waals surface area (Å²) in [5, 5.41) is 3.61. The van der Waals surface area contributed by atoms with Gasteiger partial charge in [0.2, 0.25) is 0 Å². The molecular weight excluding hydrogens is 228 g/mol. The van der Waals surface area contributed by atoms with Crippen LogP contribution in [0.3, 0.4) is 0 Å².